The van der Waals surface area contributed by atoms with Crippen molar-refractivity contribution < 1.29 is 9.53 Å². The van der Waals surface area contributed by atoms with E-state index < -0.39 is 0 Å². The molecule has 5 nitrogen and oxygen atoms in total. The number of hydrogen-bond acceptors (Lipinski definition) is 3. The third-order valence-electron chi connectivity index (χ3n) is 2.93. The van der Waals surface area contributed by atoms with Gasteiger partial charge in [0.2, 0.25) is 0 Å². The van der Waals surface area contributed by atoms with E-state index in [9.17, 15) is 4.79 Å². The summed E-state index contributed by atoms with van der Waals surface area (Å²) in [5.41, 5.74) is 2.06. The number of amides is 1. The van der Waals surface area contributed by atoms with E-state index in [1.54, 1.807) is 10.9 Å². The Labute approximate surface area is 112 Å². The van der Waals surface area contributed by atoms with Gasteiger partial charge in [-0.3, -0.25) is 9.48 Å². The zero-order valence-electron chi connectivity index (χ0n) is 11.1. The number of para-hydroxylation sites is 1. The van der Waals surface area contributed by atoms with Crippen LogP contribution in [0.4, 0.5) is 0 Å². The SMILES string of the molecule is Cc1c(CNC(=O)COc2ccccc2)cnn1C. The van der Waals surface area contributed by atoms with Crippen molar-refractivity contribution in [1.29, 1.82) is 0 Å². The lowest BCUT2D eigenvalue weighted by Crippen LogP contribution is -2.28. The van der Waals surface area contributed by atoms with Gasteiger partial charge in [-0.2, -0.15) is 5.10 Å². The Kier molecular flexibility index (Phi) is 4.18. The summed E-state index contributed by atoms with van der Waals surface area (Å²) >= 11 is 0. The highest BCUT2D eigenvalue weighted by Crippen LogP contribution is 2.08. The summed E-state index contributed by atoms with van der Waals surface area (Å²) in [5.74, 6) is 0.544. The minimum atomic E-state index is -0.146. The number of ether oxygens (including phenoxy) is 1. The second-order valence-corrected chi connectivity index (χ2v) is 4.26. The van der Waals surface area contributed by atoms with Crippen LogP contribution in [0.3, 0.4) is 0 Å². The molecule has 0 aliphatic rings. The molecule has 5 heteroatoms. The molecule has 0 atom stereocenters. The van der Waals surface area contributed by atoms with Crippen LogP contribution in [-0.4, -0.2) is 22.3 Å². The number of rotatable bonds is 5. The standard InChI is InChI=1S/C14H17N3O2/c1-11-12(9-16-17(11)2)8-15-14(18)10-19-13-6-4-3-5-7-13/h3-7,9H,8,10H2,1-2H3,(H,15,18). The number of aryl methyl sites for hydroxylation is 1. The molecule has 0 spiro atoms. The van der Waals surface area contributed by atoms with E-state index in [1.807, 2.05) is 44.3 Å². The second kappa shape index (κ2) is 6.04. The fraction of sp³-hybridized carbons (Fsp3) is 0.286. The van der Waals surface area contributed by atoms with Crippen LogP contribution < -0.4 is 10.1 Å². The summed E-state index contributed by atoms with van der Waals surface area (Å²) in [4.78, 5) is 11.6. The van der Waals surface area contributed by atoms with Crippen LogP contribution in [0.15, 0.2) is 36.5 Å². The van der Waals surface area contributed by atoms with Crippen molar-refractivity contribution in [2.24, 2.45) is 7.05 Å². The molecule has 1 aromatic heterocycles. The summed E-state index contributed by atoms with van der Waals surface area (Å²) in [6.07, 6.45) is 1.76. The first-order chi connectivity index (χ1) is 9.16. The highest BCUT2D eigenvalue weighted by atomic mass is 16.5. The number of nitrogens with zero attached hydrogens (tertiary/aromatic N) is 2. The summed E-state index contributed by atoms with van der Waals surface area (Å²) in [6.45, 7) is 2.45. The minimum absolute atomic E-state index is 0.0172. The average molecular weight is 259 g/mol. The Morgan fingerprint density at radius 2 is 2.11 bits per heavy atom. The summed E-state index contributed by atoms with van der Waals surface area (Å²) in [5, 5.41) is 6.93. The molecular weight excluding hydrogens is 242 g/mol. The van der Waals surface area contributed by atoms with E-state index in [0.29, 0.717) is 12.3 Å². The van der Waals surface area contributed by atoms with Crippen LogP contribution in [-0.2, 0) is 18.4 Å². The third kappa shape index (κ3) is 3.58. The quantitative estimate of drug-likeness (QED) is 0.883. The lowest BCUT2D eigenvalue weighted by molar-refractivity contribution is -0.123. The molecule has 0 unspecified atom stereocenters. The molecule has 2 aromatic rings. The Hall–Kier alpha value is -2.30. The maximum atomic E-state index is 11.6. The smallest absolute Gasteiger partial charge is 0.258 e. The van der Waals surface area contributed by atoms with Gasteiger partial charge in [-0.05, 0) is 19.1 Å². The molecule has 1 heterocycles. The van der Waals surface area contributed by atoms with E-state index in [0.717, 1.165) is 11.3 Å². The van der Waals surface area contributed by atoms with Gasteiger partial charge in [0.05, 0.1) is 6.20 Å². The predicted octanol–water partition coefficient (Wildman–Crippen LogP) is 1.42. The van der Waals surface area contributed by atoms with Crippen molar-refractivity contribution in [3.63, 3.8) is 0 Å². The highest BCUT2D eigenvalue weighted by molar-refractivity contribution is 5.77. The monoisotopic (exact) mass is 259 g/mol. The molecule has 0 bridgehead atoms. The summed E-state index contributed by atoms with van der Waals surface area (Å²) < 4.78 is 7.14. The zero-order valence-corrected chi connectivity index (χ0v) is 11.1. The fourth-order valence-corrected chi connectivity index (χ4v) is 1.63. The van der Waals surface area contributed by atoms with E-state index in [1.165, 1.54) is 0 Å². The third-order valence-corrected chi connectivity index (χ3v) is 2.93. The van der Waals surface area contributed by atoms with E-state index in [2.05, 4.69) is 10.4 Å². The van der Waals surface area contributed by atoms with Crippen LogP contribution in [0, 0.1) is 6.92 Å². The topological polar surface area (TPSA) is 56.1 Å². The number of hydrogen-bond donors (Lipinski definition) is 1. The number of benzene rings is 1. The van der Waals surface area contributed by atoms with Gasteiger partial charge >= 0.3 is 0 Å². The van der Waals surface area contributed by atoms with Crippen LogP contribution >= 0.6 is 0 Å². The van der Waals surface area contributed by atoms with Gasteiger partial charge in [0.25, 0.3) is 5.91 Å². The normalized spacial score (nSPS) is 10.2. The van der Waals surface area contributed by atoms with Crippen molar-refractivity contribution in [3.05, 3.63) is 47.8 Å². The largest absolute Gasteiger partial charge is 0.484 e. The molecule has 1 N–H and O–H groups in total. The molecule has 0 saturated carbocycles. The predicted molar refractivity (Wildman–Crippen MR) is 71.7 cm³/mol. The molecule has 0 saturated heterocycles. The molecule has 0 aliphatic heterocycles. The minimum Gasteiger partial charge on any atom is -0.484 e. The van der Waals surface area contributed by atoms with Crippen molar-refractivity contribution in [1.82, 2.24) is 15.1 Å². The summed E-state index contributed by atoms with van der Waals surface area (Å²) in [7, 11) is 1.87. The first-order valence-corrected chi connectivity index (χ1v) is 6.09. The van der Waals surface area contributed by atoms with Crippen molar-refractivity contribution in [3.8, 4) is 5.75 Å². The molecule has 2 rings (SSSR count). The molecule has 0 aliphatic carbocycles. The molecule has 0 fully saturated rings. The molecule has 100 valence electrons. The van der Waals surface area contributed by atoms with Gasteiger partial charge in [0.15, 0.2) is 6.61 Å². The number of aromatic nitrogens is 2. The first kappa shape index (κ1) is 13.1. The zero-order chi connectivity index (χ0) is 13.7. The number of carbonyl (C=O) groups is 1. The maximum Gasteiger partial charge on any atom is 0.258 e. The molecular formula is C14H17N3O2. The molecule has 0 radical (unpaired) electrons. The van der Waals surface area contributed by atoms with Gasteiger partial charge in [-0.15, -0.1) is 0 Å². The Bertz CT molecular complexity index is 549. The Balaban J connectivity index is 1.78. The van der Waals surface area contributed by atoms with Crippen molar-refractivity contribution >= 4 is 5.91 Å². The van der Waals surface area contributed by atoms with Gasteiger partial charge in [-0.25, -0.2) is 0 Å². The van der Waals surface area contributed by atoms with Crippen molar-refractivity contribution in [2.75, 3.05) is 6.61 Å². The fourth-order valence-electron chi connectivity index (χ4n) is 1.63. The van der Waals surface area contributed by atoms with Gasteiger partial charge in [-0.1, -0.05) is 18.2 Å². The van der Waals surface area contributed by atoms with Crippen LogP contribution in [0.2, 0.25) is 0 Å². The van der Waals surface area contributed by atoms with Gasteiger partial charge in [0.1, 0.15) is 5.75 Å². The Morgan fingerprint density at radius 1 is 1.37 bits per heavy atom. The van der Waals surface area contributed by atoms with E-state index >= 15 is 0 Å². The first-order valence-electron chi connectivity index (χ1n) is 6.09. The number of nitrogens with one attached hydrogen (secondary N) is 1. The van der Waals surface area contributed by atoms with Crippen LogP contribution in [0.1, 0.15) is 11.3 Å². The van der Waals surface area contributed by atoms with E-state index in [-0.39, 0.29) is 12.5 Å². The lowest BCUT2D eigenvalue weighted by atomic mass is 10.2. The molecule has 19 heavy (non-hydrogen) atoms. The molecule has 1 aromatic carbocycles. The van der Waals surface area contributed by atoms with Crippen molar-refractivity contribution in [2.45, 2.75) is 13.5 Å². The molecule has 1 amide bonds. The number of carbonyl (C=O) groups excluding carboxylic acids is 1. The maximum absolute atomic E-state index is 11.6. The van der Waals surface area contributed by atoms with E-state index in [4.69, 9.17) is 4.74 Å². The second-order valence-electron chi connectivity index (χ2n) is 4.26. The highest BCUT2D eigenvalue weighted by Gasteiger charge is 2.06. The summed E-state index contributed by atoms with van der Waals surface area (Å²) in [6, 6.07) is 9.27. The van der Waals surface area contributed by atoms with Crippen LogP contribution in [0.25, 0.3) is 0 Å². The van der Waals surface area contributed by atoms with Crippen LogP contribution in [0.5, 0.6) is 5.75 Å². The lowest BCUT2D eigenvalue weighted by Gasteiger charge is -2.07. The van der Waals surface area contributed by atoms with Gasteiger partial charge < -0.3 is 10.1 Å². The van der Waals surface area contributed by atoms with Gasteiger partial charge in [0, 0.05) is 24.8 Å². The Morgan fingerprint density at radius 3 is 2.74 bits per heavy atom. The average Bonchev–Trinajstić information content (AvgIpc) is 2.75.